The number of ether oxygens (including phenoxy) is 2. The van der Waals surface area contributed by atoms with E-state index in [0.29, 0.717) is 37.0 Å². The summed E-state index contributed by atoms with van der Waals surface area (Å²) in [7, 11) is 4.74. The molecule has 67 heavy (non-hydrogen) atoms. The fraction of sp³-hybridized carbons (Fsp3) is 0.529. The number of thiazole rings is 1. The minimum absolute atomic E-state index is 0.0362. The van der Waals surface area contributed by atoms with Crippen molar-refractivity contribution in [1.29, 1.82) is 0 Å². The summed E-state index contributed by atoms with van der Waals surface area (Å²) in [6, 6.07) is 16.8. The molecule has 8 atom stereocenters. The fourth-order valence-corrected chi connectivity index (χ4v) is 9.85. The Bertz CT molecular complexity index is 2350. The van der Waals surface area contributed by atoms with E-state index in [9.17, 15) is 28.4 Å². The summed E-state index contributed by atoms with van der Waals surface area (Å²) in [5, 5.41) is 9.61. The first kappa shape index (κ1) is 52.7. The average molecular weight is 944 g/mol. The predicted molar refractivity (Wildman–Crippen MR) is 262 cm³/mol. The number of halogens is 1. The number of nitrogens with two attached hydrogens (primary N) is 1. The second-order valence-electron chi connectivity index (χ2n) is 18.9. The molecule has 0 radical (unpaired) electrons. The molecule has 1 aliphatic rings. The highest BCUT2D eigenvalue weighted by Gasteiger charge is 2.43. The number of methoxy groups -OCH3 is 2. The molecular formula is C51H70FN7O7S. The van der Waals surface area contributed by atoms with Crippen molar-refractivity contribution in [3.8, 4) is 10.6 Å². The fourth-order valence-electron chi connectivity index (χ4n) is 8.91. The molecule has 5 amide bonds. The molecule has 364 valence electrons. The summed E-state index contributed by atoms with van der Waals surface area (Å²) in [6.07, 6.45) is 0.765. The maximum absolute atomic E-state index is 14.4. The summed E-state index contributed by atoms with van der Waals surface area (Å²) in [4.78, 5) is 77.9. The van der Waals surface area contributed by atoms with Gasteiger partial charge in [-0.1, -0.05) is 71.4 Å². The smallest absolute Gasteiger partial charge is 0.247 e. The molecule has 5 rings (SSSR count). The van der Waals surface area contributed by atoms with Crippen molar-refractivity contribution in [3.63, 3.8) is 0 Å². The minimum Gasteiger partial charge on any atom is -0.379 e. The predicted octanol–water partition coefficient (Wildman–Crippen LogP) is 6.88. The molecule has 0 spiro atoms. The Hall–Kier alpha value is -5.29. The number of anilines is 1. The summed E-state index contributed by atoms with van der Waals surface area (Å²) in [5.41, 5.74) is 8.48. The van der Waals surface area contributed by atoms with Crippen LogP contribution in [0.2, 0.25) is 0 Å². The minimum atomic E-state index is -1.19. The van der Waals surface area contributed by atoms with Crippen LogP contribution in [0.15, 0.2) is 66.7 Å². The second kappa shape index (κ2) is 23.1. The quantitative estimate of drug-likeness (QED) is 0.0692. The van der Waals surface area contributed by atoms with Gasteiger partial charge in [-0.05, 0) is 86.9 Å². The van der Waals surface area contributed by atoms with Crippen molar-refractivity contribution in [2.75, 3.05) is 33.1 Å². The number of likely N-dealkylation sites (tertiary alicyclic amines) is 1. The molecule has 3 aromatic carbocycles. The van der Waals surface area contributed by atoms with E-state index in [1.165, 1.54) is 37.7 Å². The number of nitrogens with one attached hydrogen (secondary N) is 3. The third-order valence-electron chi connectivity index (χ3n) is 13.1. The standard InChI is InChI=1S/C51H70FN7O7S/c1-12-30(4)44(58(9)49(63)43(29(2)3)57-50(64)51(7,8)53)40(65-10)28-42(60)59-24-16-19-39(59)45(66-11)32(6)46(61)55-38(26-33-17-14-13-15-18-33)47(62)54-36-22-20-34(25-31(36)5)48-56-37-27-35(52)21-23-41(37)67-48/h13-15,17-18,20-23,25,27,29-30,32,38-40,43-45H,12,16,19,24,26,28,53H2,1-11H3,(H,54,62)(H,55,61)(H,57,64). The molecule has 16 heteroatoms. The normalized spacial score (nSPS) is 17.3. The van der Waals surface area contributed by atoms with E-state index in [0.717, 1.165) is 26.4 Å². The van der Waals surface area contributed by atoms with Gasteiger partial charge >= 0.3 is 0 Å². The zero-order chi connectivity index (χ0) is 49.3. The van der Waals surface area contributed by atoms with Gasteiger partial charge in [0.15, 0.2) is 0 Å². The van der Waals surface area contributed by atoms with Crippen LogP contribution in [0, 0.1) is 30.5 Å². The van der Waals surface area contributed by atoms with E-state index in [-0.39, 0.29) is 42.3 Å². The first-order valence-corrected chi connectivity index (χ1v) is 24.0. The lowest BCUT2D eigenvalue weighted by atomic mass is 9.89. The second-order valence-corrected chi connectivity index (χ2v) is 19.9. The number of nitrogens with zero attached hydrogens (tertiary/aromatic N) is 3. The Morgan fingerprint density at radius 3 is 2.28 bits per heavy atom. The number of hydrogen-bond acceptors (Lipinski definition) is 10. The topological polar surface area (TPSA) is 185 Å². The van der Waals surface area contributed by atoms with E-state index in [2.05, 4.69) is 20.9 Å². The van der Waals surface area contributed by atoms with Gasteiger partial charge in [0.2, 0.25) is 29.5 Å². The van der Waals surface area contributed by atoms with Crippen LogP contribution in [-0.2, 0) is 39.9 Å². The van der Waals surface area contributed by atoms with Gasteiger partial charge in [-0.3, -0.25) is 24.0 Å². The summed E-state index contributed by atoms with van der Waals surface area (Å²) in [5.74, 6) is -3.20. The van der Waals surface area contributed by atoms with Crippen LogP contribution in [0.3, 0.4) is 0 Å². The van der Waals surface area contributed by atoms with E-state index >= 15 is 0 Å². The van der Waals surface area contributed by atoms with E-state index in [4.69, 9.17) is 15.2 Å². The lowest BCUT2D eigenvalue weighted by molar-refractivity contribution is -0.148. The molecular weight excluding hydrogens is 874 g/mol. The van der Waals surface area contributed by atoms with Crippen LogP contribution in [-0.4, -0.2) is 114 Å². The Kier molecular flexibility index (Phi) is 18.2. The number of benzene rings is 3. The van der Waals surface area contributed by atoms with Gasteiger partial charge in [-0.25, -0.2) is 9.37 Å². The Morgan fingerprint density at radius 1 is 0.970 bits per heavy atom. The number of carbonyl (C=O) groups excluding carboxylic acids is 5. The van der Waals surface area contributed by atoms with E-state index in [1.54, 1.807) is 49.8 Å². The molecule has 0 aliphatic carbocycles. The number of aromatic nitrogens is 1. The molecule has 0 saturated carbocycles. The lowest BCUT2D eigenvalue weighted by Gasteiger charge is -2.41. The van der Waals surface area contributed by atoms with Crippen LogP contribution in [0.25, 0.3) is 20.8 Å². The molecule has 2 heterocycles. The van der Waals surface area contributed by atoms with Gasteiger partial charge in [-0.2, -0.15) is 0 Å². The molecule has 1 aliphatic heterocycles. The number of aryl methyl sites for hydroxylation is 1. The highest BCUT2D eigenvalue weighted by atomic mass is 32.1. The maximum atomic E-state index is 14.4. The van der Waals surface area contributed by atoms with Gasteiger partial charge in [0, 0.05) is 51.6 Å². The molecule has 8 unspecified atom stereocenters. The van der Waals surface area contributed by atoms with Gasteiger partial charge in [0.25, 0.3) is 0 Å². The van der Waals surface area contributed by atoms with Crippen molar-refractivity contribution in [3.05, 3.63) is 83.7 Å². The van der Waals surface area contributed by atoms with Crippen molar-refractivity contribution >= 4 is 56.8 Å². The molecule has 14 nitrogen and oxygen atoms in total. The van der Waals surface area contributed by atoms with Crippen LogP contribution < -0.4 is 21.7 Å². The maximum Gasteiger partial charge on any atom is 0.247 e. The van der Waals surface area contributed by atoms with Gasteiger partial charge in [0.1, 0.15) is 22.9 Å². The van der Waals surface area contributed by atoms with E-state index < -0.39 is 65.6 Å². The highest BCUT2D eigenvalue weighted by Crippen LogP contribution is 2.33. The molecule has 1 saturated heterocycles. The first-order chi connectivity index (χ1) is 31.7. The molecule has 5 N–H and O–H groups in total. The summed E-state index contributed by atoms with van der Waals surface area (Å²) >= 11 is 1.45. The summed E-state index contributed by atoms with van der Waals surface area (Å²) < 4.78 is 26.8. The Labute approximate surface area is 398 Å². The van der Waals surface area contributed by atoms with Crippen LogP contribution in [0.4, 0.5) is 10.1 Å². The van der Waals surface area contributed by atoms with Crippen molar-refractivity contribution < 1.29 is 37.8 Å². The van der Waals surface area contributed by atoms with E-state index in [1.807, 2.05) is 77.1 Å². The Balaban J connectivity index is 1.31. The number of hydrogen-bond donors (Lipinski definition) is 4. The number of carbonyl (C=O) groups is 5. The SMILES string of the molecule is CCC(C)C(C(CC(=O)N1CCCC1C(OC)C(C)C(=O)NC(Cc1ccccc1)C(=O)Nc1ccc(-c2nc3cc(F)ccc3s2)cc1C)OC)N(C)C(=O)C(NC(=O)C(C)(C)N)C(C)C. The van der Waals surface area contributed by atoms with Crippen molar-refractivity contribution in [2.24, 2.45) is 23.5 Å². The van der Waals surface area contributed by atoms with Gasteiger partial charge in [-0.15, -0.1) is 11.3 Å². The average Bonchev–Trinajstić information content (AvgIpc) is 3.95. The molecule has 4 aromatic rings. The van der Waals surface area contributed by atoms with Gasteiger partial charge in [0.05, 0.1) is 52.4 Å². The van der Waals surface area contributed by atoms with Crippen LogP contribution in [0.5, 0.6) is 0 Å². The molecule has 0 bridgehead atoms. The number of rotatable bonds is 21. The van der Waals surface area contributed by atoms with Crippen molar-refractivity contribution in [1.82, 2.24) is 25.4 Å². The zero-order valence-electron chi connectivity index (χ0n) is 40.9. The van der Waals surface area contributed by atoms with Crippen LogP contribution >= 0.6 is 11.3 Å². The number of fused-ring (bicyclic) bond motifs is 1. The third kappa shape index (κ3) is 13.0. The zero-order valence-corrected chi connectivity index (χ0v) is 41.7. The number of likely N-dealkylation sites (N-methyl/N-ethyl adjacent to an activating group) is 1. The molecule has 1 aromatic heterocycles. The molecule has 1 fully saturated rings. The summed E-state index contributed by atoms with van der Waals surface area (Å²) in [6.45, 7) is 15.0. The largest absolute Gasteiger partial charge is 0.379 e. The number of amides is 5. The lowest BCUT2D eigenvalue weighted by Crippen LogP contribution is -2.60. The first-order valence-electron chi connectivity index (χ1n) is 23.2. The Morgan fingerprint density at radius 2 is 1.67 bits per heavy atom. The van der Waals surface area contributed by atoms with Gasteiger partial charge < -0.3 is 41.0 Å². The van der Waals surface area contributed by atoms with Crippen LogP contribution in [0.1, 0.15) is 85.3 Å². The monoisotopic (exact) mass is 944 g/mol. The third-order valence-corrected chi connectivity index (χ3v) is 14.1. The highest BCUT2D eigenvalue weighted by molar-refractivity contribution is 7.21. The van der Waals surface area contributed by atoms with Crippen molar-refractivity contribution in [2.45, 2.75) is 129 Å².